The fraction of sp³-hybridized carbons (Fsp3) is 0.367. The molecule has 0 aliphatic heterocycles. The Morgan fingerprint density at radius 1 is 0.882 bits per heavy atom. The Morgan fingerprint density at radius 3 is 2.06 bits per heavy atom. The molecule has 1 atom stereocenters. The van der Waals surface area contributed by atoms with E-state index in [1.54, 1.807) is 0 Å². The van der Waals surface area contributed by atoms with Gasteiger partial charge in [0.05, 0.1) is 0 Å². The monoisotopic (exact) mass is 569 g/mol. The minimum Gasteiger partial charge on any atom is -0.482 e. The molecule has 1 saturated carbocycles. The summed E-state index contributed by atoms with van der Waals surface area (Å²) in [6, 6.07) is 27.2. The third-order valence-corrected chi connectivity index (χ3v) is 9.00. The SMILES string of the molecule is CC(C)(C)c1ccc([I+]c2ccc(OCC(=O)OC(c3ccccc3)C3CCCC3)cc2)cc1. The van der Waals surface area contributed by atoms with E-state index in [-0.39, 0.29) is 45.3 Å². The summed E-state index contributed by atoms with van der Waals surface area (Å²) in [6.45, 7) is 6.64. The van der Waals surface area contributed by atoms with Gasteiger partial charge >= 0.3 is 27.2 Å². The molecule has 3 aromatic carbocycles. The van der Waals surface area contributed by atoms with Crippen LogP contribution in [-0.2, 0) is 14.9 Å². The smallest absolute Gasteiger partial charge is 0.357 e. The van der Waals surface area contributed by atoms with Crippen molar-refractivity contribution in [3.05, 3.63) is 97.1 Å². The van der Waals surface area contributed by atoms with Crippen molar-refractivity contribution in [1.82, 2.24) is 0 Å². The number of carbonyl (C=O) groups excluding carboxylic acids is 1. The van der Waals surface area contributed by atoms with Crippen LogP contribution < -0.4 is 25.9 Å². The first-order valence-corrected chi connectivity index (χ1v) is 14.3. The minimum atomic E-state index is -0.309. The van der Waals surface area contributed by atoms with Crippen LogP contribution in [-0.4, -0.2) is 12.6 Å². The quantitative estimate of drug-likeness (QED) is 0.305. The van der Waals surface area contributed by atoms with Crippen LogP contribution in [0.15, 0.2) is 78.9 Å². The van der Waals surface area contributed by atoms with E-state index in [4.69, 9.17) is 9.47 Å². The summed E-state index contributed by atoms with van der Waals surface area (Å²) < 4.78 is 14.4. The molecule has 4 heteroatoms. The average Bonchev–Trinajstić information content (AvgIpc) is 3.37. The fourth-order valence-electron chi connectivity index (χ4n) is 4.39. The van der Waals surface area contributed by atoms with Gasteiger partial charge in [0.15, 0.2) is 13.7 Å². The molecule has 1 fully saturated rings. The van der Waals surface area contributed by atoms with Crippen molar-refractivity contribution >= 4 is 5.97 Å². The number of benzene rings is 3. The first kappa shape index (κ1) is 24.8. The van der Waals surface area contributed by atoms with E-state index in [1.165, 1.54) is 25.5 Å². The lowest BCUT2D eigenvalue weighted by Crippen LogP contribution is -3.61. The third-order valence-electron chi connectivity index (χ3n) is 6.31. The van der Waals surface area contributed by atoms with Crippen molar-refractivity contribution in [2.75, 3.05) is 6.61 Å². The van der Waals surface area contributed by atoms with Gasteiger partial charge in [-0.1, -0.05) is 76.1 Å². The standard InChI is InChI=1S/C30H34IO3/c1-30(2,3)24-13-15-25(16-14-24)31-26-17-19-27(20-18-26)33-21-28(32)34-29(23-11-7-8-12-23)22-9-5-4-6-10-22/h4-6,9-10,13-20,23,29H,7-8,11-12,21H2,1-3H3/q+1. The number of ether oxygens (including phenoxy) is 2. The van der Waals surface area contributed by atoms with Crippen LogP contribution in [0.3, 0.4) is 0 Å². The zero-order valence-electron chi connectivity index (χ0n) is 20.3. The summed E-state index contributed by atoms with van der Waals surface area (Å²) >= 11 is -0.247. The van der Waals surface area contributed by atoms with E-state index in [1.807, 2.05) is 30.3 Å². The molecule has 3 nitrogen and oxygen atoms in total. The number of esters is 1. The third kappa shape index (κ3) is 6.84. The Hall–Kier alpha value is -2.34. The summed E-state index contributed by atoms with van der Waals surface area (Å²) in [6.07, 6.45) is 4.45. The van der Waals surface area contributed by atoms with Crippen molar-refractivity contribution in [3.63, 3.8) is 0 Å². The molecule has 178 valence electrons. The molecule has 0 saturated heterocycles. The van der Waals surface area contributed by atoms with Crippen molar-refractivity contribution in [1.29, 1.82) is 0 Å². The summed E-state index contributed by atoms with van der Waals surface area (Å²) in [5.74, 6) is 0.785. The van der Waals surface area contributed by atoms with Gasteiger partial charge in [0.1, 0.15) is 11.9 Å². The van der Waals surface area contributed by atoms with Gasteiger partial charge in [0, 0.05) is 5.92 Å². The van der Waals surface area contributed by atoms with Crippen molar-refractivity contribution < 1.29 is 35.5 Å². The van der Waals surface area contributed by atoms with Gasteiger partial charge in [-0.05, 0) is 65.8 Å². The molecule has 0 radical (unpaired) electrons. The fourth-order valence-corrected chi connectivity index (χ4v) is 6.55. The van der Waals surface area contributed by atoms with Crippen LogP contribution in [0.5, 0.6) is 5.75 Å². The normalized spacial score (nSPS) is 15.1. The predicted molar refractivity (Wildman–Crippen MR) is 132 cm³/mol. The second-order valence-electron chi connectivity index (χ2n) is 9.96. The van der Waals surface area contributed by atoms with Gasteiger partial charge in [-0.15, -0.1) is 0 Å². The number of halogens is 1. The maximum Gasteiger partial charge on any atom is 0.357 e. The molecule has 4 rings (SSSR count). The molecule has 0 N–H and O–H groups in total. The van der Waals surface area contributed by atoms with Crippen LogP contribution in [0, 0.1) is 13.1 Å². The van der Waals surface area contributed by atoms with Gasteiger partial charge in [-0.3, -0.25) is 0 Å². The first-order valence-electron chi connectivity index (χ1n) is 12.1. The van der Waals surface area contributed by atoms with Crippen LogP contribution in [0.4, 0.5) is 0 Å². The summed E-state index contributed by atoms with van der Waals surface area (Å²) in [7, 11) is 0. The van der Waals surface area contributed by atoms with Gasteiger partial charge in [-0.2, -0.15) is 0 Å². The van der Waals surface area contributed by atoms with E-state index in [2.05, 4.69) is 69.3 Å². The molecule has 0 bridgehead atoms. The maximum absolute atomic E-state index is 12.6. The summed E-state index contributed by atoms with van der Waals surface area (Å²) in [5, 5.41) is 0. The maximum atomic E-state index is 12.6. The zero-order valence-corrected chi connectivity index (χ0v) is 22.5. The summed E-state index contributed by atoms with van der Waals surface area (Å²) in [4.78, 5) is 12.6. The minimum absolute atomic E-state index is 0.0707. The van der Waals surface area contributed by atoms with Gasteiger partial charge in [0.25, 0.3) is 0 Å². The molecular weight excluding hydrogens is 535 g/mol. The number of rotatable bonds is 8. The van der Waals surface area contributed by atoms with E-state index < -0.39 is 0 Å². The van der Waals surface area contributed by atoms with E-state index >= 15 is 0 Å². The van der Waals surface area contributed by atoms with Gasteiger partial charge in [-0.25, -0.2) is 4.79 Å². The van der Waals surface area contributed by atoms with E-state index in [0.29, 0.717) is 11.7 Å². The lowest BCUT2D eigenvalue weighted by Gasteiger charge is -2.24. The molecule has 1 unspecified atom stereocenters. The molecule has 0 amide bonds. The zero-order chi connectivity index (χ0) is 24.0. The molecule has 0 heterocycles. The Morgan fingerprint density at radius 2 is 1.47 bits per heavy atom. The molecule has 34 heavy (non-hydrogen) atoms. The second kappa shape index (κ2) is 11.4. The lowest BCUT2D eigenvalue weighted by molar-refractivity contribution is -0.597. The van der Waals surface area contributed by atoms with Gasteiger partial charge in [0.2, 0.25) is 0 Å². The molecular formula is C30H34IO3+. The van der Waals surface area contributed by atoms with Gasteiger partial charge < -0.3 is 9.47 Å². The highest BCUT2D eigenvalue weighted by Crippen LogP contribution is 2.38. The Kier molecular flexibility index (Phi) is 8.30. The van der Waals surface area contributed by atoms with Crippen LogP contribution in [0.2, 0.25) is 0 Å². The topological polar surface area (TPSA) is 35.5 Å². The predicted octanol–water partition coefficient (Wildman–Crippen LogP) is 3.97. The molecule has 3 aromatic rings. The van der Waals surface area contributed by atoms with Crippen LogP contribution in [0.1, 0.15) is 63.7 Å². The highest BCUT2D eigenvalue weighted by Gasteiger charge is 2.29. The molecule has 1 aliphatic carbocycles. The number of hydrogen-bond acceptors (Lipinski definition) is 3. The van der Waals surface area contributed by atoms with Crippen molar-refractivity contribution in [2.24, 2.45) is 5.92 Å². The van der Waals surface area contributed by atoms with E-state index in [9.17, 15) is 4.79 Å². The average molecular weight is 570 g/mol. The highest BCUT2D eigenvalue weighted by atomic mass is 127. The van der Waals surface area contributed by atoms with E-state index in [0.717, 1.165) is 18.4 Å². The Bertz CT molecular complexity index is 1050. The molecule has 0 spiro atoms. The van der Waals surface area contributed by atoms with Crippen LogP contribution in [0.25, 0.3) is 0 Å². The van der Waals surface area contributed by atoms with Crippen molar-refractivity contribution in [3.8, 4) is 5.75 Å². The molecule has 0 aromatic heterocycles. The number of carbonyl (C=O) groups is 1. The largest absolute Gasteiger partial charge is 0.482 e. The lowest BCUT2D eigenvalue weighted by atomic mass is 9.87. The van der Waals surface area contributed by atoms with Crippen LogP contribution >= 0.6 is 0 Å². The van der Waals surface area contributed by atoms with Crippen molar-refractivity contribution in [2.45, 2.75) is 58.0 Å². The second-order valence-corrected chi connectivity index (χ2v) is 13.0. The highest BCUT2D eigenvalue weighted by molar-refractivity contribution is 5.71. The Labute approximate surface area is 214 Å². The summed E-state index contributed by atoms with van der Waals surface area (Å²) in [5.41, 5.74) is 2.61. The Balaban J connectivity index is 1.30. The number of hydrogen-bond donors (Lipinski definition) is 0. The molecule has 1 aliphatic rings. The first-order chi connectivity index (χ1) is 16.4.